The van der Waals surface area contributed by atoms with E-state index in [0.717, 1.165) is 20.8 Å². The number of alkyl halides is 3. The van der Waals surface area contributed by atoms with Crippen molar-refractivity contribution in [1.82, 2.24) is 0 Å². The molecule has 0 aliphatic heterocycles. The van der Waals surface area contributed by atoms with Crippen molar-refractivity contribution in [1.29, 1.82) is 0 Å². The van der Waals surface area contributed by atoms with Crippen LogP contribution in [-0.2, 0) is 24.1 Å². The van der Waals surface area contributed by atoms with E-state index in [1.807, 2.05) is 0 Å². The van der Waals surface area contributed by atoms with E-state index in [4.69, 9.17) is 0 Å². The number of hydrogen-bond acceptors (Lipinski definition) is 1. The zero-order chi connectivity index (χ0) is 5.86. The Morgan fingerprint density at radius 3 is 1.30 bits per heavy atom. The number of hydrogen-bond donors (Lipinski definition) is 0. The maximum absolute atomic E-state index is 11.3. The SMILES string of the molecule is Cl.Cl.Cl.FC(F)C(F)[O][Ti]. The van der Waals surface area contributed by atoms with E-state index in [1.54, 1.807) is 0 Å². The fraction of sp³-hybridized carbons (Fsp3) is 1.00. The molecule has 0 radical (unpaired) electrons. The average Bonchev–Trinajstić information content (AvgIpc) is 1.65. The van der Waals surface area contributed by atoms with Crippen LogP contribution in [0.5, 0.6) is 0 Å². The fourth-order valence-electron chi connectivity index (χ4n) is 0.0514. The van der Waals surface area contributed by atoms with Gasteiger partial charge in [-0.15, -0.1) is 37.2 Å². The third-order valence-corrected chi connectivity index (χ3v) is 0.662. The first-order valence-corrected chi connectivity index (χ1v) is 2.07. The van der Waals surface area contributed by atoms with Crippen LogP contribution in [0.4, 0.5) is 13.2 Å². The van der Waals surface area contributed by atoms with E-state index in [0.29, 0.717) is 0 Å². The molecule has 0 aliphatic carbocycles. The molecule has 0 rings (SSSR count). The first-order chi connectivity index (χ1) is 3.18. The molecule has 1 nitrogen and oxygen atoms in total. The van der Waals surface area contributed by atoms with Gasteiger partial charge in [0.25, 0.3) is 0 Å². The topological polar surface area (TPSA) is 9.23 Å². The van der Waals surface area contributed by atoms with E-state index < -0.39 is 12.8 Å². The molecule has 1 unspecified atom stereocenters. The van der Waals surface area contributed by atoms with Gasteiger partial charge in [0.05, 0.1) is 0 Å². The number of halogens is 6. The van der Waals surface area contributed by atoms with Crippen molar-refractivity contribution in [3.05, 3.63) is 0 Å². The van der Waals surface area contributed by atoms with Crippen LogP contribution in [0.2, 0.25) is 0 Å². The van der Waals surface area contributed by atoms with Crippen LogP contribution in [0.25, 0.3) is 0 Å². The standard InChI is InChI=1S/C2H2F3O.3ClH.Ti/c3-1(4)2(5)6;;;;/h1-2H;3*1H;/q-1;;;;+1. The molecule has 0 saturated heterocycles. The van der Waals surface area contributed by atoms with Crippen molar-refractivity contribution in [2.45, 2.75) is 12.8 Å². The zero-order valence-corrected chi connectivity index (χ0v) is 8.43. The van der Waals surface area contributed by atoms with Crippen LogP contribution >= 0.6 is 37.2 Å². The van der Waals surface area contributed by atoms with Crippen molar-refractivity contribution in [3.8, 4) is 0 Å². The summed E-state index contributed by atoms with van der Waals surface area (Å²) in [4.78, 5) is 0. The quantitative estimate of drug-likeness (QED) is 0.689. The van der Waals surface area contributed by atoms with Crippen molar-refractivity contribution in [2.75, 3.05) is 0 Å². The van der Waals surface area contributed by atoms with Gasteiger partial charge in [-0.05, 0) is 0 Å². The second-order valence-corrected chi connectivity index (χ2v) is 1.17. The van der Waals surface area contributed by atoms with Gasteiger partial charge in [-0.3, -0.25) is 0 Å². The van der Waals surface area contributed by atoms with Gasteiger partial charge in [0.1, 0.15) is 0 Å². The summed E-state index contributed by atoms with van der Waals surface area (Å²) >= 11 is 0.886. The first-order valence-electron chi connectivity index (χ1n) is 1.43. The summed E-state index contributed by atoms with van der Waals surface area (Å²) in [6.45, 7) is 0. The molecule has 0 spiro atoms. The Bertz CT molecular complexity index is 59.0. The minimum atomic E-state index is -3.02. The van der Waals surface area contributed by atoms with Gasteiger partial charge in [0.2, 0.25) is 0 Å². The summed E-state index contributed by atoms with van der Waals surface area (Å²) in [5, 5.41) is 0. The summed E-state index contributed by atoms with van der Waals surface area (Å²) in [6, 6.07) is 0. The van der Waals surface area contributed by atoms with E-state index in [1.165, 1.54) is 0 Å². The average molecular weight is 256 g/mol. The second kappa shape index (κ2) is 13.0. The minimum absolute atomic E-state index is 0. The molecule has 0 aliphatic rings. The van der Waals surface area contributed by atoms with Crippen molar-refractivity contribution < 1.29 is 37.3 Å². The van der Waals surface area contributed by atoms with Crippen LogP contribution in [0.1, 0.15) is 0 Å². The van der Waals surface area contributed by atoms with Crippen molar-refractivity contribution in [2.24, 2.45) is 0 Å². The summed E-state index contributed by atoms with van der Waals surface area (Å²) in [7, 11) is 0. The van der Waals surface area contributed by atoms with E-state index in [9.17, 15) is 13.2 Å². The van der Waals surface area contributed by atoms with Crippen molar-refractivity contribution in [3.63, 3.8) is 0 Å². The molecule has 0 aromatic rings. The molecule has 0 amide bonds. The molecule has 0 aromatic heterocycles. The molecule has 65 valence electrons. The van der Waals surface area contributed by atoms with Gasteiger partial charge in [0.15, 0.2) is 0 Å². The van der Waals surface area contributed by atoms with Crippen LogP contribution in [0.15, 0.2) is 0 Å². The number of rotatable bonds is 2. The third kappa shape index (κ3) is 12.1. The maximum atomic E-state index is 11.3. The summed E-state index contributed by atoms with van der Waals surface area (Å²) in [6.07, 6.45) is -5.45. The molecule has 1 atom stereocenters. The predicted molar refractivity (Wildman–Crippen MR) is 33.7 cm³/mol. The zero-order valence-electron chi connectivity index (χ0n) is 4.42. The Balaban J connectivity index is -0.0000000600. The molecule has 0 fully saturated rings. The third-order valence-electron chi connectivity index (χ3n) is 0.311. The summed E-state index contributed by atoms with van der Waals surface area (Å²) in [5.74, 6) is 0. The molecule has 0 bridgehead atoms. The van der Waals surface area contributed by atoms with Gasteiger partial charge in [0, 0.05) is 0 Å². The Hall–Kier alpha value is 1.33. The Morgan fingerprint density at radius 2 is 1.30 bits per heavy atom. The van der Waals surface area contributed by atoms with Gasteiger partial charge in [-0.2, -0.15) is 0 Å². The molecule has 0 saturated carbocycles. The van der Waals surface area contributed by atoms with E-state index in [2.05, 4.69) is 3.32 Å². The summed E-state index contributed by atoms with van der Waals surface area (Å²) < 4.78 is 36.7. The van der Waals surface area contributed by atoms with Gasteiger partial charge < -0.3 is 0 Å². The monoisotopic (exact) mass is 255 g/mol. The van der Waals surface area contributed by atoms with E-state index >= 15 is 0 Å². The second-order valence-electron chi connectivity index (χ2n) is 0.803. The normalized spacial score (nSPS) is 10.3. The molecule has 0 N–H and O–H groups in total. The van der Waals surface area contributed by atoms with Crippen LogP contribution in [-0.4, -0.2) is 12.8 Å². The summed E-state index contributed by atoms with van der Waals surface area (Å²) in [5.41, 5.74) is 0. The Morgan fingerprint density at radius 1 is 1.00 bits per heavy atom. The molecule has 10 heavy (non-hydrogen) atoms. The Labute approximate surface area is 87.2 Å². The van der Waals surface area contributed by atoms with Crippen molar-refractivity contribution >= 4 is 37.2 Å². The molecular formula is C2H5Cl3F3OTi. The molecular weight excluding hydrogens is 251 g/mol. The van der Waals surface area contributed by atoms with Crippen LogP contribution in [0.3, 0.4) is 0 Å². The molecule has 8 heteroatoms. The first kappa shape index (κ1) is 22.5. The Kier molecular flexibility index (Phi) is 29.2. The fourth-order valence-corrected chi connectivity index (χ4v) is 0.212. The van der Waals surface area contributed by atoms with Gasteiger partial charge in [-0.25, -0.2) is 0 Å². The van der Waals surface area contributed by atoms with E-state index in [-0.39, 0.29) is 37.2 Å². The van der Waals surface area contributed by atoms with Crippen LogP contribution in [0, 0.1) is 0 Å². The van der Waals surface area contributed by atoms with Gasteiger partial charge in [-0.1, -0.05) is 0 Å². The van der Waals surface area contributed by atoms with Gasteiger partial charge >= 0.3 is 50.1 Å². The molecule has 0 aromatic carbocycles. The molecule has 0 heterocycles. The van der Waals surface area contributed by atoms with Crippen LogP contribution < -0.4 is 0 Å². The predicted octanol–water partition coefficient (Wildman–Crippen LogP) is 2.29.